The fourth-order valence-corrected chi connectivity index (χ4v) is 2.03. The predicted molar refractivity (Wildman–Crippen MR) is 62.6 cm³/mol. The van der Waals surface area contributed by atoms with Gasteiger partial charge in [-0.2, -0.15) is 5.26 Å². The highest BCUT2D eigenvalue weighted by atomic mass is 14.8. The molecule has 1 aliphatic carbocycles. The van der Waals surface area contributed by atoms with Crippen LogP contribution in [0.2, 0.25) is 0 Å². The number of nitrogens with zero attached hydrogens (tertiary/aromatic N) is 3. The minimum Gasteiger partial charge on any atom is -0.254 e. The number of nitriles is 1. The van der Waals surface area contributed by atoms with Crippen molar-refractivity contribution in [2.24, 2.45) is 5.41 Å². The zero-order chi connectivity index (χ0) is 11.8. The Balaban J connectivity index is 2.52. The Kier molecular flexibility index (Phi) is 2.51. The largest absolute Gasteiger partial charge is 0.254 e. The highest BCUT2D eigenvalue weighted by Crippen LogP contribution is 2.40. The van der Waals surface area contributed by atoms with E-state index in [1.165, 1.54) is 0 Å². The minimum absolute atomic E-state index is 0.143. The summed E-state index contributed by atoms with van der Waals surface area (Å²) in [5, 5.41) is 9.22. The van der Waals surface area contributed by atoms with E-state index in [1.807, 2.05) is 26.8 Å². The molecule has 0 aliphatic heterocycles. The monoisotopic (exact) mass is 213 g/mol. The molecule has 3 heteroatoms. The van der Waals surface area contributed by atoms with Crippen molar-refractivity contribution in [3.05, 3.63) is 29.4 Å². The Morgan fingerprint density at radius 3 is 2.94 bits per heavy atom. The van der Waals surface area contributed by atoms with Crippen molar-refractivity contribution in [2.75, 3.05) is 0 Å². The van der Waals surface area contributed by atoms with Crippen molar-refractivity contribution in [2.45, 2.75) is 33.1 Å². The molecule has 0 spiro atoms. The molecule has 0 bridgehead atoms. The summed E-state index contributed by atoms with van der Waals surface area (Å²) in [6.45, 7) is 5.86. The van der Waals surface area contributed by atoms with Gasteiger partial charge >= 0.3 is 0 Å². The number of aryl methyl sites for hydroxylation is 1. The first kappa shape index (κ1) is 10.8. The summed E-state index contributed by atoms with van der Waals surface area (Å²) in [6, 6.07) is 2.37. The molecule has 1 heterocycles. The van der Waals surface area contributed by atoms with Crippen LogP contribution in [0.25, 0.3) is 6.08 Å². The van der Waals surface area contributed by atoms with Gasteiger partial charge in [-0.3, -0.25) is 9.97 Å². The first-order valence-corrected chi connectivity index (χ1v) is 5.46. The Morgan fingerprint density at radius 2 is 2.25 bits per heavy atom. The molecule has 0 unspecified atom stereocenters. The minimum atomic E-state index is -0.401. The second kappa shape index (κ2) is 3.71. The van der Waals surface area contributed by atoms with Gasteiger partial charge in [-0.15, -0.1) is 0 Å². The summed E-state index contributed by atoms with van der Waals surface area (Å²) in [4.78, 5) is 8.90. The molecule has 0 N–H and O–H groups in total. The van der Waals surface area contributed by atoms with Crippen LogP contribution >= 0.6 is 0 Å². The van der Waals surface area contributed by atoms with E-state index in [0.717, 1.165) is 23.5 Å². The Bertz CT molecular complexity index is 480. The third-order valence-electron chi connectivity index (χ3n) is 3.09. The van der Waals surface area contributed by atoms with Crippen LogP contribution in [0.15, 0.2) is 12.3 Å². The van der Waals surface area contributed by atoms with E-state index in [-0.39, 0.29) is 5.92 Å². The van der Waals surface area contributed by atoms with Gasteiger partial charge in [-0.1, -0.05) is 6.08 Å². The average molecular weight is 213 g/mol. The summed E-state index contributed by atoms with van der Waals surface area (Å²) in [7, 11) is 0. The normalized spacial score (nSPS) is 19.0. The lowest BCUT2D eigenvalue weighted by atomic mass is 9.74. The van der Waals surface area contributed by atoms with Crippen molar-refractivity contribution in [1.82, 2.24) is 9.97 Å². The number of allylic oxidation sites excluding steroid dienone is 1. The second-order valence-electron chi connectivity index (χ2n) is 4.81. The fraction of sp³-hybridized carbons (Fsp3) is 0.462. The number of rotatable bonds is 1. The molecule has 3 nitrogen and oxygen atoms in total. The van der Waals surface area contributed by atoms with Crippen molar-refractivity contribution < 1.29 is 0 Å². The van der Waals surface area contributed by atoms with Crippen LogP contribution in [-0.4, -0.2) is 9.97 Å². The molecule has 2 rings (SSSR count). The number of hydrogen-bond acceptors (Lipinski definition) is 3. The molecule has 0 aromatic carbocycles. The SMILES string of the molecule is Cc1cnc2c(n1)[C@H](C(C)(C)C#N)CC=C2. The lowest BCUT2D eigenvalue weighted by Gasteiger charge is -2.29. The molecule has 1 aromatic rings. The molecule has 0 fully saturated rings. The van der Waals surface area contributed by atoms with Crippen molar-refractivity contribution in [1.29, 1.82) is 5.26 Å². The van der Waals surface area contributed by atoms with Gasteiger partial charge < -0.3 is 0 Å². The highest BCUT2D eigenvalue weighted by molar-refractivity contribution is 5.52. The van der Waals surface area contributed by atoms with Gasteiger partial charge in [0.25, 0.3) is 0 Å². The maximum atomic E-state index is 9.22. The Labute approximate surface area is 95.9 Å². The predicted octanol–water partition coefficient (Wildman–Crippen LogP) is 2.84. The van der Waals surface area contributed by atoms with Crippen LogP contribution in [-0.2, 0) is 0 Å². The first-order valence-electron chi connectivity index (χ1n) is 5.46. The molecule has 0 saturated heterocycles. The summed E-state index contributed by atoms with van der Waals surface area (Å²) in [5.41, 5.74) is 2.38. The fourth-order valence-electron chi connectivity index (χ4n) is 2.03. The third-order valence-corrected chi connectivity index (χ3v) is 3.09. The van der Waals surface area contributed by atoms with Crippen molar-refractivity contribution >= 4 is 6.08 Å². The van der Waals surface area contributed by atoms with E-state index in [1.54, 1.807) is 6.20 Å². The number of hydrogen-bond donors (Lipinski definition) is 0. The average Bonchev–Trinajstić information content (AvgIpc) is 2.28. The lowest BCUT2D eigenvalue weighted by molar-refractivity contribution is 0.375. The maximum Gasteiger partial charge on any atom is 0.0845 e. The third kappa shape index (κ3) is 1.71. The second-order valence-corrected chi connectivity index (χ2v) is 4.81. The van der Waals surface area contributed by atoms with E-state index in [4.69, 9.17) is 0 Å². The lowest BCUT2D eigenvalue weighted by Crippen LogP contribution is -2.24. The van der Waals surface area contributed by atoms with Crippen LogP contribution in [0.3, 0.4) is 0 Å². The van der Waals surface area contributed by atoms with Crippen LogP contribution in [0.5, 0.6) is 0 Å². The molecule has 0 amide bonds. The van der Waals surface area contributed by atoms with Crippen LogP contribution in [0.1, 0.15) is 43.3 Å². The topological polar surface area (TPSA) is 49.6 Å². The molecular formula is C13H15N3. The van der Waals surface area contributed by atoms with Gasteiger partial charge in [0.15, 0.2) is 0 Å². The summed E-state index contributed by atoms with van der Waals surface area (Å²) < 4.78 is 0. The highest BCUT2D eigenvalue weighted by Gasteiger charge is 2.34. The van der Waals surface area contributed by atoms with Crippen LogP contribution in [0, 0.1) is 23.7 Å². The molecular weight excluding hydrogens is 198 g/mol. The summed E-state index contributed by atoms with van der Waals surface area (Å²) in [5.74, 6) is 0.143. The van der Waals surface area contributed by atoms with Crippen molar-refractivity contribution in [3.63, 3.8) is 0 Å². The number of fused-ring (bicyclic) bond motifs is 1. The molecule has 1 aromatic heterocycles. The smallest absolute Gasteiger partial charge is 0.0845 e. The Morgan fingerprint density at radius 1 is 1.50 bits per heavy atom. The molecule has 0 saturated carbocycles. The summed E-state index contributed by atoms with van der Waals surface area (Å²) >= 11 is 0. The van der Waals surface area contributed by atoms with Gasteiger partial charge in [0.05, 0.1) is 28.6 Å². The van der Waals surface area contributed by atoms with E-state index in [2.05, 4.69) is 22.1 Å². The van der Waals surface area contributed by atoms with Crippen LogP contribution in [0.4, 0.5) is 0 Å². The van der Waals surface area contributed by atoms with Gasteiger partial charge in [0.2, 0.25) is 0 Å². The molecule has 1 aliphatic rings. The number of aromatic nitrogens is 2. The quantitative estimate of drug-likeness (QED) is 0.720. The van der Waals surface area contributed by atoms with E-state index in [0.29, 0.717) is 0 Å². The molecule has 1 atom stereocenters. The van der Waals surface area contributed by atoms with Gasteiger partial charge in [0, 0.05) is 12.1 Å². The zero-order valence-electron chi connectivity index (χ0n) is 9.86. The van der Waals surface area contributed by atoms with Gasteiger partial charge in [-0.05, 0) is 33.3 Å². The maximum absolute atomic E-state index is 9.22. The van der Waals surface area contributed by atoms with E-state index >= 15 is 0 Å². The van der Waals surface area contributed by atoms with Crippen LogP contribution < -0.4 is 0 Å². The summed E-state index contributed by atoms with van der Waals surface area (Å²) in [6.07, 6.45) is 6.71. The van der Waals surface area contributed by atoms with Gasteiger partial charge in [0.1, 0.15) is 0 Å². The van der Waals surface area contributed by atoms with Gasteiger partial charge in [-0.25, -0.2) is 0 Å². The molecule has 0 radical (unpaired) electrons. The van der Waals surface area contributed by atoms with E-state index in [9.17, 15) is 5.26 Å². The van der Waals surface area contributed by atoms with E-state index < -0.39 is 5.41 Å². The standard InChI is InChI=1S/C13H15N3/c1-9-7-15-11-6-4-5-10(12(11)16-9)13(2,3)8-14/h4,6-7,10H,5H2,1-3H3/t10-/m1/s1. The van der Waals surface area contributed by atoms with Crippen molar-refractivity contribution in [3.8, 4) is 6.07 Å². The first-order chi connectivity index (χ1) is 7.54. The zero-order valence-corrected chi connectivity index (χ0v) is 9.86. The Hall–Kier alpha value is -1.69. The molecule has 82 valence electrons. The molecule has 16 heavy (non-hydrogen) atoms.